The molecule has 0 aliphatic carbocycles. The molecule has 0 bridgehead atoms. The minimum atomic E-state index is -1.09. The van der Waals surface area contributed by atoms with E-state index in [4.69, 9.17) is 9.52 Å². The predicted octanol–water partition coefficient (Wildman–Crippen LogP) is 1.38. The van der Waals surface area contributed by atoms with Gasteiger partial charge in [0, 0.05) is 12.3 Å². The number of carbonyl (C=O) groups is 1. The van der Waals surface area contributed by atoms with Crippen molar-refractivity contribution in [3.05, 3.63) is 41.9 Å². The molecule has 0 spiro atoms. The van der Waals surface area contributed by atoms with Gasteiger partial charge in [-0.05, 0) is 18.2 Å². The monoisotopic (exact) mass is 219 g/mol. The average molecular weight is 219 g/mol. The van der Waals surface area contributed by atoms with Gasteiger partial charge in [-0.15, -0.1) is 0 Å². The normalized spacial score (nSPS) is 10.0. The molecule has 0 fully saturated rings. The molecule has 0 saturated heterocycles. The number of aromatic carboxylic acids is 1. The van der Waals surface area contributed by atoms with Crippen LogP contribution in [0.15, 0.2) is 34.9 Å². The lowest BCUT2D eigenvalue weighted by Gasteiger charge is -2.00. The lowest BCUT2D eigenvalue weighted by Crippen LogP contribution is -2.01. The zero-order valence-corrected chi connectivity index (χ0v) is 8.25. The fraction of sp³-hybridized carbons (Fsp3) is 0.100. The molecule has 2 N–H and O–H groups in total. The topological polar surface area (TPSA) is 88.2 Å². The second kappa shape index (κ2) is 4.43. The summed E-state index contributed by atoms with van der Waals surface area (Å²) >= 11 is 0. The van der Waals surface area contributed by atoms with Crippen molar-refractivity contribution < 1.29 is 14.3 Å². The van der Waals surface area contributed by atoms with Crippen LogP contribution in [0.2, 0.25) is 0 Å². The number of carboxylic acids is 1. The maximum atomic E-state index is 10.5. The number of carboxylic acid groups (broad SMARTS) is 1. The standard InChI is InChI=1S/C10H9N3O3/c14-10(15)8-3-4-9(16-8)11-6-7-2-1-5-12-13-7/h1-5,11H,6H2,(H,14,15). The Balaban J connectivity index is 1.97. The van der Waals surface area contributed by atoms with Crippen molar-refractivity contribution >= 4 is 11.9 Å². The van der Waals surface area contributed by atoms with Gasteiger partial charge in [-0.25, -0.2) is 4.79 Å². The van der Waals surface area contributed by atoms with Crippen LogP contribution < -0.4 is 5.32 Å². The van der Waals surface area contributed by atoms with E-state index in [9.17, 15) is 4.79 Å². The van der Waals surface area contributed by atoms with Crippen LogP contribution in [-0.2, 0) is 6.54 Å². The first-order valence-electron chi connectivity index (χ1n) is 4.59. The van der Waals surface area contributed by atoms with Gasteiger partial charge in [0.15, 0.2) is 5.88 Å². The second-order valence-corrected chi connectivity index (χ2v) is 3.04. The summed E-state index contributed by atoms with van der Waals surface area (Å²) in [5, 5.41) is 19.1. The molecule has 0 aliphatic heterocycles. The Morgan fingerprint density at radius 3 is 2.94 bits per heavy atom. The minimum absolute atomic E-state index is 0.0957. The van der Waals surface area contributed by atoms with E-state index < -0.39 is 5.97 Å². The summed E-state index contributed by atoms with van der Waals surface area (Å²) < 4.78 is 5.01. The van der Waals surface area contributed by atoms with Crippen LogP contribution in [0.3, 0.4) is 0 Å². The third kappa shape index (κ3) is 2.35. The molecule has 6 heteroatoms. The van der Waals surface area contributed by atoms with Gasteiger partial charge in [-0.1, -0.05) is 0 Å². The second-order valence-electron chi connectivity index (χ2n) is 3.04. The van der Waals surface area contributed by atoms with Gasteiger partial charge >= 0.3 is 5.97 Å². The minimum Gasteiger partial charge on any atom is -0.475 e. The molecule has 0 amide bonds. The van der Waals surface area contributed by atoms with Gasteiger partial charge < -0.3 is 14.8 Å². The number of nitrogens with zero attached hydrogens (tertiary/aromatic N) is 2. The Bertz CT molecular complexity index is 481. The fourth-order valence-electron chi connectivity index (χ4n) is 1.15. The Labute approximate surface area is 90.9 Å². The Morgan fingerprint density at radius 2 is 2.31 bits per heavy atom. The first-order valence-corrected chi connectivity index (χ1v) is 4.59. The van der Waals surface area contributed by atoms with Crippen molar-refractivity contribution in [3.8, 4) is 0 Å². The lowest BCUT2D eigenvalue weighted by molar-refractivity contribution is 0.0663. The summed E-state index contributed by atoms with van der Waals surface area (Å²) in [6.07, 6.45) is 1.58. The number of hydrogen-bond donors (Lipinski definition) is 2. The highest BCUT2D eigenvalue weighted by atomic mass is 16.4. The van der Waals surface area contributed by atoms with Crippen LogP contribution in [0, 0.1) is 0 Å². The molecule has 0 saturated carbocycles. The Kier molecular flexibility index (Phi) is 2.81. The number of anilines is 1. The maximum Gasteiger partial charge on any atom is 0.371 e. The van der Waals surface area contributed by atoms with Crippen molar-refractivity contribution in [2.75, 3.05) is 5.32 Å². The summed E-state index contributed by atoms with van der Waals surface area (Å²) in [6.45, 7) is 0.431. The lowest BCUT2D eigenvalue weighted by atomic mass is 10.4. The molecular formula is C10H9N3O3. The highest BCUT2D eigenvalue weighted by Gasteiger charge is 2.08. The number of furan rings is 1. The number of hydrogen-bond acceptors (Lipinski definition) is 5. The predicted molar refractivity (Wildman–Crippen MR) is 55.0 cm³/mol. The van der Waals surface area contributed by atoms with E-state index in [2.05, 4.69) is 15.5 Å². The van der Waals surface area contributed by atoms with E-state index in [0.717, 1.165) is 5.69 Å². The molecule has 2 aromatic rings. The van der Waals surface area contributed by atoms with Crippen LogP contribution in [0.5, 0.6) is 0 Å². The summed E-state index contributed by atoms with van der Waals surface area (Å²) in [5.74, 6) is -0.794. The van der Waals surface area contributed by atoms with E-state index in [1.807, 2.05) is 0 Å². The summed E-state index contributed by atoms with van der Waals surface area (Å²) in [5.41, 5.74) is 0.746. The van der Waals surface area contributed by atoms with E-state index in [1.54, 1.807) is 24.4 Å². The van der Waals surface area contributed by atoms with Gasteiger partial charge in [-0.3, -0.25) is 0 Å². The van der Waals surface area contributed by atoms with Crippen molar-refractivity contribution in [3.63, 3.8) is 0 Å². The summed E-state index contributed by atoms with van der Waals surface area (Å²) in [4.78, 5) is 10.5. The fourth-order valence-corrected chi connectivity index (χ4v) is 1.15. The number of nitrogens with one attached hydrogen (secondary N) is 1. The molecule has 82 valence electrons. The van der Waals surface area contributed by atoms with Gasteiger partial charge in [0.1, 0.15) is 0 Å². The van der Waals surface area contributed by atoms with E-state index in [0.29, 0.717) is 12.4 Å². The van der Waals surface area contributed by atoms with Crippen LogP contribution >= 0.6 is 0 Å². The SMILES string of the molecule is O=C(O)c1ccc(NCc2cccnn2)o1. The molecule has 6 nitrogen and oxygen atoms in total. The zero-order valence-electron chi connectivity index (χ0n) is 8.25. The molecule has 2 heterocycles. The first kappa shape index (κ1) is 10.2. The van der Waals surface area contributed by atoms with E-state index >= 15 is 0 Å². The van der Waals surface area contributed by atoms with Crippen LogP contribution in [-0.4, -0.2) is 21.3 Å². The van der Waals surface area contributed by atoms with Crippen LogP contribution in [0.4, 0.5) is 5.88 Å². The zero-order chi connectivity index (χ0) is 11.4. The molecule has 0 atom stereocenters. The van der Waals surface area contributed by atoms with Crippen molar-refractivity contribution in [2.24, 2.45) is 0 Å². The van der Waals surface area contributed by atoms with Crippen molar-refractivity contribution in [2.45, 2.75) is 6.54 Å². The molecule has 0 unspecified atom stereocenters. The van der Waals surface area contributed by atoms with Crippen molar-refractivity contribution in [1.82, 2.24) is 10.2 Å². The van der Waals surface area contributed by atoms with Gasteiger partial charge in [0.05, 0.1) is 12.2 Å². The molecule has 0 aromatic carbocycles. The Hall–Kier alpha value is -2.37. The first-order chi connectivity index (χ1) is 7.75. The molecule has 2 aromatic heterocycles. The molecule has 0 aliphatic rings. The van der Waals surface area contributed by atoms with Crippen LogP contribution in [0.1, 0.15) is 16.2 Å². The molecule has 16 heavy (non-hydrogen) atoms. The number of aromatic nitrogens is 2. The quantitative estimate of drug-likeness (QED) is 0.807. The number of rotatable bonds is 4. The highest BCUT2D eigenvalue weighted by molar-refractivity contribution is 5.84. The van der Waals surface area contributed by atoms with E-state index in [-0.39, 0.29) is 5.76 Å². The van der Waals surface area contributed by atoms with Crippen molar-refractivity contribution in [1.29, 1.82) is 0 Å². The summed E-state index contributed by atoms with van der Waals surface area (Å²) in [6, 6.07) is 6.52. The van der Waals surface area contributed by atoms with Gasteiger partial charge in [0.25, 0.3) is 0 Å². The summed E-state index contributed by atoms with van der Waals surface area (Å²) in [7, 11) is 0. The maximum absolute atomic E-state index is 10.5. The third-order valence-electron chi connectivity index (χ3n) is 1.89. The Morgan fingerprint density at radius 1 is 1.44 bits per heavy atom. The molecule has 0 radical (unpaired) electrons. The molecule has 2 rings (SSSR count). The van der Waals surface area contributed by atoms with E-state index in [1.165, 1.54) is 6.07 Å². The molecular weight excluding hydrogens is 210 g/mol. The van der Waals surface area contributed by atoms with Gasteiger partial charge in [0.2, 0.25) is 5.76 Å². The smallest absolute Gasteiger partial charge is 0.371 e. The average Bonchev–Trinajstić information content (AvgIpc) is 2.76. The highest BCUT2D eigenvalue weighted by Crippen LogP contribution is 2.13. The third-order valence-corrected chi connectivity index (χ3v) is 1.89. The van der Waals surface area contributed by atoms with Gasteiger partial charge in [-0.2, -0.15) is 10.2 Å². The largest absolute Gasteiger partial charge is 0.475 e. The van der Waals surface area contributed by atoms with Crippen LogP contribution in [0.25, 0.3) is 0 Å².